The fraction of sp³-hybridized carbons (Fsp3) is 0. The minimum atomic E-state index is 0.876. The Balaban J connectivity index is 1.25. The van der Waals surface area contributed by atoms with Crippen LogP contribution in [0.5, 0.6) is 0 Å². The molecule has 9 rings (SSSR count). The topological polar surface area (TPSA) is 16.4 Å². The van der Waals surface area contributed by atoms with E-state index in [9.17, 15) is 0 Å². The average molecular weight is 614 g/mol. The summed E-state index contributed by atoms with van der Waals surface area (Å²) in [6, 6.07) is 66.8. The zero-order chi connectivity index (χ0) is 31.9. The van der Waals surface area contributed by atoms with Crippen molar-refractivity contribution in [2.75, 3.05) is 4.90 Å². The number of hydrogen-bond acceptors (Lipinski definition) is 2. The van der Waals surface area contributed by atoms with E-state index in [0.717, 1.165) is 44.4 Å². The van der Waals surface area contributed by atoms with Crippen LogP contribution in [-0.4, -0.2) is 0 Å². The Kier molecular flexibility index (Phi) is 6.84. The zero-order valence-corrected chi connectivity index (χ0v) is 26.3. The highest BCUT2D eigenvalue weighted by atomic mass is 16.3. The van der Waals surface area contributed by atoms with Crippen molar-refractivity contribution >= 4 is 49.8 Å². The SMILES string of the molecule is c1ccc(-c2ccc(N(c3cccc(-c4ccccc4)c3)c3ccc4oc5c6ccccc6c(-c6ccccc6)cc5c4c3)cc2)cc1. The third-order valence-electron chi connectivity index (χ3n) is 9.25. The van der Waals surface area contributed by atoms with Crippen molar-refractivity contribution in [3.8, 4) is 33.4 Å². The van der Waals surface area contributed by atoms with Gasteiger partial charge in [-0.2, -0.15) is 0 Å². The number of anilines is 3. The van der Waals surface area contributed by atoms with Crippen LogP contribution in [0.3, 0.4) is 0 Å². The molecule has 8 aromatic carbocycles. The monoisotopic (exact) mass is 613 g/mol. The summed E-state index contributed by atoms with van der Waals surface area (Å²) in [5, 5.41) is 4.52. The highest BCUT2D eigenvalue weighted by molar-refractivity contribution is 6.19. The van der Waals surface area contributed by atoms with E-state index in [0.29, 0.717) is 0 Å². The van der Waals surface area contributed by atoms with E-state index in [1.807, 2.05) is 0 Å². The molecule has 1 aromatic heterocycles. The molecule has 0 spiro atoms. The van der Waals surface area contributed by atoms with Gasteiger partial charge in [-0.15, -0.1) is 0 Å². The fourth-order valence-corrected chi connectivity index (χ4v) is 6.92. The van der Waals surface area contributed by atoms with Crippen molar-refractivity contribution in [3.05, 3.63) is 188 Å². The lowest BCUT2D eigenvalue weighted by molar-refractivity contribution is 0.672. The van der Waals surface area contributed by atoms with E-state index < -0.39 is 0 Å². The summed E-state index contributed by atoms with van der Waals surface area (Å²) < 4.78 is 6.63. The standard InChI is InChI=1S/C46H31NO/c1-4-13-32(14-5-1)34-23-25-37(26-24-34)47(38-20-12-19-36(29-38)33-15-6-2-7-16-33)39-27-28-45-43(30-39)44-31-42(35-17-8-3-9-18-35)40-21-10-11-22-41(40)46(44)48-45/h1-31H. The Morgan fingerprint density at radius 1 is 0.312 bits per heavy atom. The van der Waals surface area contributed by atoms with Crippen LogP contribution in [0, 0.1) is 0 Å². The molecular weight excluding hydrogens is 583 g/mol. The number of hydrogen-bond donors (Lipinski definition) is 0. The van der Waals surface area contributed by atoms with Crippen molar-refractivity contribution < 1.29 is 4.42 Å². The second kappa shape index (κ2) is 11.8. The summed E-state index contributed by atoms with van der Waals surface area (Å²) in [7, 11) is 0. The summed E-state index contributed by atoms with van der Waals surface area (Å²) in [4.78, 5) is 2.35. The molecule has 0 amide bonds. The quantitative estimate of drug-likeness (QED) is 0.185. The Bertz CT molecular complexity index is 2530. The van der Waals surface area contributed by atoms with Crippen LogP contribution in [0.4, 0.5) is 17.1 Å². The molecule has 2 heteroatoms. The summed E-state index contributed by atoms with van der Waals surface area (Å²) >= 11 is 0. The molecule has 1 heterocycles. The molecular formula is C46H31NO. The van der Waals surface area contributed by atoms with Gasteiger partial charge in [-0.05, 0) is 87.3 Å². The van der Waals surface area contributed by atoms with Gasteiger partial charge in [-0.1, -0.05) is 140 Å². The average Bonchev–Trinajstić information content (AvgIpc) is 3.54. The van der Waals surface area contributed by atoms with Gasteiger partial charge in [0, 0.05) is 33.2 Å². The molecule has 0 atom stereocenters. The first-order valence-corrected chi connectivity index (χ1v) is 16.3. The van der Waals surface area contributed by atoms with Gasteiger partial charge < -0.3 is 9.32 Å². The van der Waals surface area contributed by atoms with Gasteiger partial charge in [-0.25, -0.2) is 0 Å². The molecule has 0 unspecified atom stereocenters. The molecule has 0 saturated heterocycles. The molecule has 0 bridgehead atoms. The normalized spacial score (nSPS) is 11.3. The largest absolute Gasteiger partial charge is 0.455 e. The highest BCUT2D eigenvalue weighted by Gasteiger charge is 2.19. The molecule has 0 saturated carbocycles. The zero-order valence-electron chi connectivity index (χ0n) is 26.3. The molecule has 48 heavy (non-hydrogen) atoms. The van der Waals surface area contributed by atoms with E-state index in [1.165, 1.54) is 38.8 Å². The summed E-state index contributed by atoms with van der Waals surface area (Å²) in [5.74, 6) is 0. The van der Waals surface area contributed by atoms with Crippen LogP contribution in [0.25, 0.3) is 66.1 Å². The molecule has 9 aromatic rings. The molecule has 226 valence electrons. The van der Waals surface area contributed by atoms with Gasteiger partial charge in [-0.3, -0.25) is 0 Å². The first kappa shape index (κ1) is 27.9. The first-order valence-electron chi connectivity index (χ1n) is 16.3. The van der Waals surface area contributed by atoms with Crippen molar-refractivity contribution in [3.63, 3.8) is 0 Å². The van der Waals surface area contributed by atoms with Crippen molar-refractivity contribution in [2.24, 2.45) is 0 Å². The van der Waals surface area contributed by atoms with Gasteiger partial charge >= 0.3 is 0 Å². The highest BCUT2D eigenvalue weighted by Crippen LogP contribution is 2.43. The maximum atomic E-state index is 6.63. The number of rotatable bonds is 6. The predicted molar refractivity (Wildman–Crippen MR) is 202 cm³/mol. The van der Waals surface area contributed by atoms with Crippen molar-refractivity contribution in [1.82, 2.24) is 0 Å². The molecule has 0 radical (unpaired) electrons. The van der Waals surface area contributed by atoms with Crippen LogP contribution in [-0.2, 0) is 0 Å². The Morgan fingerprint density at radius 3 is 1.56 bits per heavy atom. The third-order valence-corrected chi connectivity index (χ3v) is 9.25. The van der Waals surface area contributed by atoms with E-state index in [4.69, 9.17) is 4.42 Å². The van der Waals surface area contributed by atoms with Crippen LogP contribution < -0.4 is 4.90 Å². The maximum Gasteiger partial charge on any atom is 0.143 e. The molecule has 0 fully saturated rings. The molecule has 0 aliphatic rings. The lowest BCUT2D eigenvalue weighted by Gasteiger charge is -2.26. The minimum Gasteiger partial charge on any atom is -0.455 e. The van der Waals surface area contributed by atoms with Crippen molar-refractivity contribution in [1.29, 1.82) is 0 Å². The Morgan fingerprint density at radius 2 is 0.854 bits per heavy atom. The summed E-state index contributed by atoms with van der Waals surface area (Å²) in [6.07, 6.45) is 0. The number of nitrogens with zero attached hydrogens (tertiary/aromatic N) is 1. The fourth-order valence-electron chi connectivity index (χ4n) is 6.92. The second-order valence-electron chi connectivity index (χ2n) is 12.2. The van der Waals surface area contributed by atoms with Gasteiger partial charge in [0.25, 0.3) is 0 Å². The lowest BCUT2D eigenvalue weighted by Crippen LogP contribution is -2.10. The van der Waals surface area contributed by atoms with Crippen molar-refractivity contribution in [2.45, 2.75) is 0 Å². The molecule has 0 aliphatic carbocycles. The molecule has 0 aliphatic heterocycles. The van der Waals surface area contributed by atoms with E-state index in [2.05, 4.69) is 193 Å². The lowest BCUT2D eigenvalue weighted by atomic mass is 9.95. The smallest absolute Gasteiger partial charge is 0.143 e. The van der Waals surface area contributed by atoms with Gasteiger partial charge in [0.1, 0.15) is 11.2 Å². The van der Waals surface area contributed by atoms with Gasteiger partial charge in [0.2, 0.25) is 0 Å². The van der Waals surface area contributed by atoms with E-state index in [1.54, 1.807) is 0 Å². The number of fused-ring (bicyclic) bond motifs is 5. The first-order chi connectivity index (χ1) is 23.8. The van der Waals surface area contributed by atoms with Crippen LogP contribution in [0.2, 0.25) is 0 Å². The Labute approximate surface area is 279 Å². The predicted octanol–water partition coefficient (Wildman–Crippen LogP) is 13.2. The molecule has 0 N–H and O–H groups in total. The molecule has 2 nitrogen and oxygen atoms in total. The second-order valence-corrected chi connectivity index (χ2v) is 12.2. The summed E-state index contributed by atoms with van der Waals surface area (Å²) in [6.45, 7) is 0. The number of furan rings is 1. The van der Waals surface area contributed by atoms with Gasteiger partial charge in [0.15, 0.2) is 0 Å². The summed E-state index contributed by atoms with van der Waals surface area (Å²) in [5.41, 5.74) is 12.2. The van der Waals surface area contributed by atoms with Crippen LogP contribution in [0.1, 0.15) is 0 Å². The Hall–Kier alpha value is -6.38. The van der Waals surface area contributed by atoms with Crippen LogP contribution >= 0.6 is 0 Å². The van der Waals surface area contributed by atoms with Crippen LogP contribution in [0.15, 0.2) is 192 Å². The van der Waals surface area contributed by atoms with E-state index >= 15 is 0 Å². The minimum absolute atomic E-state index is 0.876. The van der Waals surface area contributed by atoms with Gasteiger partial charge in [0.05, 0.1) is 0 Å². The number of benzene rings is 8. The third kappa shape index (κ3) is 4.92. The maximum absolute atomic E-state index is 6.63. The van der Waals surface area contributed by atoms with E-state index in [-0.39, 0.29) is 0 Å².